The lowest BCUT2D eigenvalue weighted by Crippen LogP contribution is -2.32. The van der Waals surface area contributed by atoms with Gasteiger partial charge in [0.1, 0.15) is 0 Å². The van der Waals surface area contributed by atoms with E-state index in [2.05, 4.69) is 19.2 Å². The van der Waals surface area contributed by atoms with Crippen LogP contribution in [0.25, 0.3) is 0 Å². The number of carbonyl (C=O) groups excluding carboxylic acids is 1. The van der Waals surface area contributed by atoms with E-state index < -0.39 is 10.0 Å². The van der Waals surface area contributed by atoms with E-state index in [4.69, 9.17) is 0 Å². The molecule has 0 spiro atoms. The SMILES string of the molecule is Cc1ccc(C)c(N(CCCC(=O)Nc2ccccc2C(C)C)S(C)(=O)=O)c1. The van der Waals surface area contributed by atoms with Crippen molar-refractivity contribution in [2.45, 2.75) is 46.5 Å². The van der Waals surface area contributed by atoms with Gasteiger partial charge in [-0.05, 0) is 55.0 Å². The predicted octanol–water partition coefficient (Wildman–Crippen LogP) is 4.61. The molecule has 0 unspecified atom stereocenters. The molecule has 28 heavy (non-hydrogen) atoms. The van der Waals surface area contributed by atoms with Gasteiger partial charge in [0.05, 0.1) is 11.9 Å². The minimum absolute atomic E-state index is 0.109. The number of rotatable bonds is 8. The van der Waals surface area contributed by atoms with Gasteiger partial charge in [-0.3, -0.25) is 9.10 Å². The average molecular weight is 403 g/mol. The van der Waals surface area contributed by atoms with Crippen molar-refractivity contribution in [3.05, 3.63) is 59.2 Å². The van der Waals surface area contributed by atoms with Gasteiger partial charge in [-0.15, -0.1) is 0 Å². The Labute approximate surface area is 168 Å². The Morgan fingerprint density at radius 3 is 2.43 bits per heavy atom. The number of aryl methyl sites for hydroxylation is 2. The summed E-state index contributed by atoms with van der Waals surface area (Å²) in [6, 6.07) is 13.5. The van der Waals surface area contributed by atoms with Crippen LogP contribution in [0.3, 0.4) is 0 Å². The van der Waals surface area contributed by atoms with Gasteiger partial charge in [0.25, 0.3) is 0 Å². The lowest BCUT2D eigenvalue weighted by molar-refractivity contribution is -0.116. The standard InChI is InChI=1S/C22H30N2O3S/c1-16(2)19-9-6-7-10-20(19)23-22(25)11-8-14-24(28(5,26)27)21-15-17(3)12-13-18(21)4/h6-7,9-10,12-13,15-16H,8,11,14H2,1-5H3,(H,23,25). The molecule has 1 amide bonds. The zero-order valence-electron chi connectivity index (χ0n) is 17.3. The lowest BCUT2D eigenvalue weighted by Gasteiger charge is -2.24. The van der Waals surface area contributed by atoms with Crippen LogP contribution in [0.15, 0.2) is 42.5 Å². The molecule has 0 heterocycles. The van der Waals surface area contributed by atoms with Crippen molar-refractivity contribution in [3.8, 4) is 0 Å². The van der Waals surface area contributed by atoms with Crippen molar-refractivity contribution in [1.29, 1.82) is 0 Å². The third-order valence-corrected chi connectivity index (χ3v) is 5.84. The molecule has 2 aromatic rings. The summed E-state index contributed by atoms with van der Waals surface area (Å²) in [5.41, 5.74) is 4.47. The minimum Gasteiger partial charge on any atom is -0.326 e. The quantitative estimate of drug-likeness (QED) is 0.701. The summed E-state index contributed by atoms with van der Waals surface area (Å²) >= 11 is 0. The summed E-state index contributed by atoms with van der Waals surface area (Å²) in [5.74, 6) is 0.198. The van der Waals surface area contributed by atoms with Gasteiger partial charge in [-0.2, -0.15) is 0 Å². The number of sulfonamides is 1. The second-order valence-corrected chi connectivity index (χ2v) is 9.43. The molecule has 0 atom stereocenters. The highest BCUT2D eigenvalue weighted by molar-refractivity contribution is 7.92. The number of hydrogen-bond acceptors (Lipinski definition) is 3. The molecule has 0 aliphatic heterocycles. The Morgan fingerprint density at radius 2 is 1.79 bits per heavy atom. The molecule has 0 aliphatic rings. The van der Waals surface area contributed by atoms with E-state index in [-0.39, 0.29) is 18.9 Å². The van der Waals surface area contributed by atoms with Gasteiger partial charge in [0.2, 0.25) is 15.9 Å². The predicted molar refractivity (Wildman–Crippen MR) is 117 cm³/mol. The molecule has 2 rings (SSSR count). The van der Waals surface area contributed by atoms with Crippen LogP contribution in [0.4, 0.5) is 11.4 Å². The van der Waals surface area contributed by atoms with Crippen molar-refractivity contribution in [1.82, 2.24) is 0 Å². The first-order chi connectivity index (χ1) is 13.1. The van der Waals surface area contributed by atoms with E-state index in [9.17, 15) is 13.2 Å². The van der Waals surface area contributed by atoms with E-state index in [0.717, 1.165) is 22.4 Å². The zero-order chi connectivity index (χ0) is 20.9. The van der Waals surface area contributed by atoms with Crippen molar-refractivity contribution in [2.75, 3.05) is 22.4 Å². The van der Waals surface area contributed by atoms with E-state index in [0.29, 0.717) is 18.0 Å². The van der Waals surface area contributed by atoms with Crippen LogP contribution < -0.4 is 9.62 Å². The average Bonchev–Trinajstić information content (AvgIpc) is 2.60. The molecule has 6 heteroatoms. The monoisotopic (exact) mass is 402 g/mol. The molecule has 2 aromatic carbocycles. The smallest absolute Gasteiger partial charge is 0.232 e. The Balaban J connectivity index is 2.05. The summed E-state index contributed by atoms with van der Waals surface area (Å²) in [7, 11) is -3.43. The maximum atomic E-state index is 12.4. The van der Waals surface area contributed by atoms with Gasteiger partial charge < -0.3 is 5.32 Å². The molecule has 0 radical (unpaired) electrons. The molecule has 152 valence electrons. The number of nitrogens with one attached hydrogen (secondary N) is 1. The van der Waals surface area contributed by atoms with E-state index in [1.807, 2.05) is 56.3 Å². The Morgan fingerprint density at radius 1 is 1.11 bits per heavy atom. The highest BCUT2D eigenvalue weighted by atomic mass is 32.2. The van der Waals surface area contributed by atoms with Crippen LogP contribution >= 0.6 is 0 Å². The first-order valence-corrected chi connectivity index (χ1v) is 11.4. The molecule has 5 nitrogen and oxygen atoms in total. The summed E-state index contributed by atoms with van der Waals surface area (Å²) < 4.78 is 26.0. The fraction of sp³-hybridized carbons (Fsp3) is 0.409. The van der Waals surface area contributed by atoms with Crippen molar-refractivity contribution < 1.29 is 13.2 Å². The molecule has 0 bridgehead atoms. The van der Waals surface area contributed by atoms with Gasteiger partial charge >= 0.3 is 0 Å². The number of nitrogens with zero attached hydrogens (tertiary/aromatic N) is 1. The molecule has 0 aromatic heterocycles. The first-order valence-electron chi connectivity index (χ1n) is 9.53. The first kappa shape index (κ1) is 22.0. The third kappa shape index (κ3) is 5.83. The van der Waals surface area contributed by atoms with Gasteiger partial charge in [0, 0.05) is 18.7 Å². The summed E-state index contributed by atoms with van der Waals surface area (Å²) in [6.07, 6.45) is 1.90. The van der Waals surface area contributed by atoms with E-state index >= 15 is 0 Å². The fourth-order valence-corrected chi connectivity index (χ4v) is 4.18. The molecular weight excluding hydrogens is 372 g/mol. The summed E-state index contributed by atoms with van der Waals surface area (Å²) in [5, 5.41) is 2.96. The molecule has 0 saturated heterocycles. The number of benzene rings is 2. The normalized spacial score (nSPS) is 11.5. The Hall–Kier alpha value is -2.34. The number of hydrogen-bond donors (Lipinski definition) is 1. The molecule has 0 aliphatic carbocycles. The fourth-order valence-electron chi connectivity index (χ4n) is 3.16. The molecule has 0 saturated carbocycles. The maximum Gasteiger partial charge on any atom is 0.232 e. The van der Waals surface area contributed by atoms with Crippen LogP contribution in [0, 0.1) is 13.8 Å². The van der Waals surface area contributed by atoms with E-state index in [1.54, 1.807) is 0 Å². The lowest BCUT2D eigenvalue weighted by atomic mass is 10.0. The Bertz CT molecular complexity index is 937. The third-order valence-electron chi connectivity index (χ3n) is 4.66. The second-order valence-electron chi connectivity index (χ2n) is 7.52. The second kappa shape index (κ2) is 9.24. The van der Waals surface area contributed by atoms with Crippen molar-refractivity contribution >= 4 is 27.3 Å². The summed E-state index contributed by atoms with van der Waals surface area (Å²) in [4.78, 5) is 12.4. The highest BCUT2D eigenvalue weighted by Gasteiger charge is 2.19. The topological polar surface area (TPSA) is 66.5 Å². The number of amides is 1. The number of carbonyl (C=O) groups is 1. The van der Waals surface area contributed by atoms with Crippen LogP contribution in [0.1, 0.15) is 49.3 Å². The van der Waals surface area contributed by atoms with Crippen LogP contribution in [-0.2, 0) is 14.8 Å². The van der Waals surface area contributed by atoms with Crippen LogP contribution in [0.2, 0.25) is 0 Å². The van der Waals surface area contributed by atoms with Crippen molar-refractivity contribution in [2.24, 2.45) is 0 Å². The zero-order valence-corrected chi connectivity index (χ0v) is 18.1. The van der Waals surface area contributed by atoms with Gasteiger partial charge in [-0.1, -0.05) is 44.2 Å². The Kier molecular flexibility index (Phi) is 7.24. The largest absolute Gasteiger partial charge is 0.326 e. The van der Waals surface area contributed by atoms with Gasteiger partial charge in [-0.25, -0.2) is 8.42 Å². The number of para-hydroxylation sites is 1. The summed E-state index contributed by atoms with van der Waals surface area (Å²) in [6.45, 7) is 8.26. The van der Waals surface area contributed by atoms with Gasteiger partial charge in [0.15, 0.2) is 0 Å². The molecule has 0 fully saturated rings. The minimum atomic E-state index is -3.43. The molecule has 1 N–H and O–H groups in total. The van der Waals surface area contributed by atoms with E-state index in [1.165, 1.54) is 10.6 Å². The van der Waals surface area contributed by atoms with Crippen LogP contribution in [-0.4, -0.2) is 27.1 Å². The van der Waals surface area contributed by atoms with Crippen molar-refractivity contribution in [3.63, 3.8) is 0 Å². The van der Waals surface area contributed by atoms with Crippen LogP contribution in [0.5, 0.6) is 0 Å². The maximum absolute atomic E-state index is 12.4. The number of anilines is 2. The molecular formula is C22H30N2O3S. The highest BCUT2D eigenvalue weighted by Crippen LogP contribution is 2.25.